The summed E-state index contributed by atoms with van der Waals surface area (Å²) < 4.78 is 6.22. The van der Waals surface area contributed by atoms with Gasteiger partial charge in [-0.2, -0.15) is 4.98 Å². The highest BCUT2D eigenvalue weighted by Gasteiger charge is 2.49. The van der Waals surface area contributed by atoms with E-state index >= 15 is 0 Å². The first-order valence-electron chi connectivity index (χ1n) is 7.00. The summed E-state index contributed by atoms with van der Waals surface area (Å²) in [6, 6.07) is 1.24. The quantitative estimate of drug-likeness (QED) is 0.395. The van der Waals surface area contributed by atoms with Crippen LogP contribution in [0.4, 0.5) is 5.82 Å². The van der Waals surface area contributed by atoms with Crippen molar-refractivity contribution in [2.75, 3.05) is 5.48 Å². The maximum Gasteiger partial charge on any atom is 0.351 e. The summed E-state index contributed by atoms with van der Waals surface area (Å²) in [5, 5.41) is 38.7. The van der Waals surface area contributed by atoms with Gasteiger partial charge in [-0.15, -0.1) is 0 Å². The first-order valence-corrected chi connectivity index (χ1v) is 7.00. The third-order valence-corrected chi connectivity index (χ3v) is 3.67. The molecule has 2 heterocycles. The largest absolute Gasteiger partial charge is 0.387 e. The number of Topliss-reactive ketones (excluding diaryl/α,β-unsaturated/α-hetero) is 1. The molecule has 0 aliphatic carbocycles. The molecular formula is C13H19N3O7. The standard InChI is InChI=1S/C13H19N3O7/c1-5(2)7(17)8(18)11-9(19)10(20)12(23-11)16-4-3-6(15-22)14-13(16)21/h3-5,8-12,18-20,22H,1-2H3,(H,14,15,21)/t8?,9-,10+,11+,12+/m0/s1. The van der Waals surface area contributed by atoms with Crippen LogP contribution in [0.3, 0.4) is 0 Å². The van der Waals surface area contributed by atoms with Gasteiger partial charge in [0.25, 0.3) is 0 Å². The maximum atomic E-state index is 11.9. The van der Waals surface area contributed by atoms with E-state index in [1.807, 2.05) is 0 Å². The summed E-state index contributed by atoms with van der Waals surface area (Å²) >= 11 is 0. The van der Waals surface area contributed by atoms with Crippen molar-refractivity contribution in [2.24, 2.45) is 5.92 Å². The van der Waals surface area contributed by atoms with Crippen molar-refractivity contribution in [3.8, 4) is 0 Å². The van der Waals surface area contributed by atoms with Crippen molar-refractivity contribution in [2.45, 2.75) is 44.5 Å². The Morgan fingerprint density at radius 1 is 1.39 bits per heavy atom. The number of nitrogens with zero attached hydrogens (tertiary/aromatic N) is 2. The fourth-order valence-corrected chi connectivity index (χ4v) is 2.35. The predicted molar refractivity (Wildman–Crippen MR) is 75.7 cm³/mol. The van der Waals surface area contributed by atoms with E-state index in [2.05, 4.69) is 4.98 Å². The van der Waals surface area contributed by atoms with Gasteiger partial charge in [0.15, 0.2) is 17.8 Å². The number of carbonyl (C=O) groups excluding carboxylic acids is 1. The predicted octanol–water partition coefficient (Wildman–Crippen LogP) is -1.75. The van der Waals surface area contributed by atoms with Crippen LogP contribution in [0.15, 0.2) is 17.1 Å². The lowest BCUT2D eigenvalue weighted by molar-refractivity contribution is -0.144. The molecular weight excluding hydrogens is 310 g/mol. The Morgan fingerprint density at radius 3 is 2.57 bits per heavy atom. The molecule has 0 radical (unpaired) electrons. The Kier molecular flexibility index (Phi) is 5.12. The average molecular weight is 329 g/mol. The molecule has 23 heavy (non-hydrogen) atoms. The van der Waals surface area contributed by atoms with Gasteiger partial charge >= 0.3 is 5.69 Å². The fourth-order valence-electron chi connectivity index (χ4n) is 2.35. The molecule has 5 atom stereocenters. The van der Waals surface area contributed by atoms with Gasteiger partial charge in [0, 0.05) is 12.1 Å². The van der Waals surface area contributed by atoms with Gasteiger partial charge in [-0.3, -0.25) is 20.0 Å². The topological polar surface area (TPSA) is 154 Å². The van der Waals surface area contributed by atoms with Crippen molar-refractivity contribution in [3.63, 3.8) is 0 Å². The molecule has 0 bridgehead atoms. The Hall–Kier alpha value is -1.85. The second-order valence-corrected chi connectivity index (χ2v) is 5.59. The fraction of sp³-hybridized carbons (Fsp3) is 0.615. The SMILES string of the molecule is CC(C)C(=O)C(O)[C@H]1O[C@@H](n2ccc(NO)nc2=O)[C@H](O)[C@@H]1O. The summed E-state index contributed by atoms with van der Waals surface area (Å²) in [4.78, 5) is 27.2. The van der Waals surface area contributed by atoms with Gasteiger partial charge in [-0.25, -0.2) is 4.79 Å². The van der Waals surface area contributed by atoms with E-state index in [4.69, 9.17) is 9.94 Å². The van der Waals surface area contributed by atoms with Gasteiger partial charge < -0.3 is 20.1 Å². The van der Waals surface area contributed by atoms with Crippen LogP contribution >= 0.6 is 0 Å². The van der Waals surface area contributed by atoms with E-state index in [1.54, 1.807) is 19.3 Å². The molecule has 1 aliphatic heterocycles. The van der Waals surface area contributed by atoms with E-state index in [0.717, 1.165) is 4.57 Å². The van der Waals surface area contributed by atoms with Crippen LogP contribution < -0.4 is 11.2 Å². The minimum absolute atomic E-state index is 0.106. The summed E-state index contributed by atoms with van der Waals surface area (Å²) in [6.45, 7) is 3.16. The lowest BCUT2D eigenvalue weighted by atomic mass is 9.96. The molecule has 1 saturated heterocycles. The highest BCUT2D eigenvalue weighted by atomic mass is 16.6. The molecule has 1 aromatic rings. The summed E-state index contributed by atoms with van der Waals surface area (Å²) in [6.07, 6.45) is -6.23. The number of aliphatic hydroxyl groups excluding tert-OH is 3. The number of hydrogen-bond donors (Lipinski definition) is 5. The van der Waals surface area contributed by atoms with Crippen molar-refractivity contribution >= 4 is 11.6 Å². The van der Waals surface area contributed by atoms with Crippen molar-refractivity contribution in [1.82, 2.24) is 9.55 Å². The molecule has 10 nitrogen and oxygen atoms in total. The number of ether oxygens (including phenoxy) is 1. The number of ketones is 1. The average Bonchev–Trinajstić information content (AvgIpc) is 2.81. The molecule has 5 N–H and O–H groups in total. The molecule has 0 amide bonds. The summed E-state index contributed by atoms with van der Waals surface area (Å²) in [5.74, 6) is -1.14. The molecule has 0 saturated carbocycles. The van der Waals surface area contributed by atoms with E-state index < -0.39 is 48.0 Å². The van der Waals surface area contributed by atoms with Crippen LogP contribution in [-0.2, 0) is 9.53 Å². The number of hydrogen-bond acceptors (Lipinski definition) is 9. The molecule has 2 rings (SSSR count). The van der Waals surface area contributed by atoms with Gasteiger partial charge in [0.2, 0.25) is 0 Å². The number of carbonyl (C=O) groups is 1. The Balaban J connectivity index is 2.26. The molecule has 0 spiro atoms. The van der Waals surface area contributed by atoms with Gasteiger partial charge in [0.05, 0.1) is 0 Å². The van der Waals surface area contributed by atoms with Crippen molar-refractivity contribution in [1.29, 1.82) is 0 Å². The van der Waals surface area contributed by atoms with E-state index in [9.17, 15) is 24.9 Å². The van der Waals surface area contributed by atoms with Crippen LogP contribution in [0.25, 0.3) is 0 Å². The lowest BCUT2D eigenvalue weighted by Crippen LogP contribution is -2.44. The van der Waals surface area contributed by atoms with Gasteiger partial charge in [0.1, 0.15) is 24.4 Å². The Morgan fingerprint density at radius 2 is 2.04 bits per heavy atom. The molecule has 1 aromatic heterocycles. The van der Waals surface area contributed by atoms with Crippen molar-refractivity contribution in [3.05, 3.63) is 22.7 Å². The number of aromatic nitrogens is 2. The highest BCUT2D eigenvalue weighted by Crippen LogP contribution is 2.31. The number of aliphatic hydroxyl groups is 3. The van der Waals surface area contributed by atoms with Crippen LogP contribution in [0.2, 0.25) is 0 Å². The van der Waals surface area contributed by atoms with E-state index in [0.29, 0.717) is 0 Å². The maximum absolute atomic E-state index is 11.9. The number of rotatable bonds is 5. The first-order chi connectivity index (χ1) is 10.8. The van der Waals surface area contributed by atoms with Crippen LogP contribution in [0.5, 0.6) is 0 Å². The minimum atomic E-state index is -1.63. The number of nitrogens with one attached hydrogen (secondary N) is 1. The summed E-state index contributed by atoms with van der Waals surface area (Å²) in [5.41, 5.74) is 0.842. The number of anilines is 1. The monoisotopic (exact) mass is 329 g/mol. The zero-order valence-electron chi connectivity index (χ0n) is 12.5. The van der Waals surface area contributed by atoms with Crippen LogP contribution in [0.1, 0.15) is 20.1 Å². The second-order valence-electron chi connectivity index (χ2n) is 5.59. The molecule has 0 aromatic carbocycles. The molecule has 128 valence electrons. The second kappa shape index (κ2) is 6.72. The first kappa shape index (κ1) is 17.5. The summed E-state index contributed by atoms with van der Waals surface area (Å²) in [7, 11) is 0. The van der Waals surface area contributed by atoms with Crippen LogP contribution in [-0.4, -0.2) is 60.3 Å². The molecule has 1 unspecified atom stereocenters. The van der Waals surface area contributed by atoms with Gasteiger partial charge in [-0.1, -0.05) is 13.8 Å². The smallest absolute Gasteiger partial charge is 0.351 e. The highest BCUT2D eigenvalue weighted by molar-refractivity contribution is 5.85. The Bertz CT molecular complexity index is 632. The third-order valence-electron chi connectivity index (χ3n) is 3.67. The lowest BCUT2D eigenvalue weighted by Gasteiger charge is -2.21. The normalized spacial score (nSPS) is 28.8. The molecule has 1 aliphatic rings. The molecule has 1 fully saturated rings. The molecule has 10 heteroatoms. The Labute approximate surface area is 130 Å². The third kappa shape index (κ3) is 3.26. The van der Waals surface area contributed by atoms with Crippen molar-refractivity contribution < 1.29 is 30.1 Å². The van der Waals surface area contributed by atoms with Gasteiger partial charge in [-0.05, 0) is 6.07 Å². The zero-order chi connectivity index (χ0) is 17.3. The van der Waals surface area contributed by atoms with Crippen LogP contribution in [0, 0.1) is 5.92 Å². The van der Waals surface area contributed by atoms with E-state index in [-0.39, 0.29) is 5.82 Å². The van der Waals surface area contributed by atoms with E-state index in [1.165, 1.54) is 12.3 Å². The zero-order valence-corrected chi connectivity index (χ0v) is 12.5. The minimum Gasteiger partial charge on any atom is -0.387 e.